The number of carbonyl (C=O) groups excluding carboxylic acids is 1. The smallest absolute Gasteiger partial charge is 0.335 e. The number of amides is 2. The van der Waals surface area contributed by atoms with Crippen molar-refractivity contribution in [3.8, 4) is 6.07 Å². The van der Waals surface area contributed by atoms with E-state index in [-0.39, 0.29) is 17.3 Å². The average Bonchev–Trinajstić information content (AvgIpc) is 2.32. The van der Waals surface area contributed by atoms with Gasteiger partial charge < -0.3 is 10.6 Å². The molecule has 0 radical (unpaired) electrons. The van der Waals surface area contributed by atoms with Crippen LogP contribution in [-0.4, -0.2) is 12.1 Å². The Morgan fingerprint density at radius 2 is 2.00 bits per heavy atom. The Bertz CT molecular complexity index is 559. The fourth-order valence-corrected chi connectivity index (χ4v) is 1.83. The van der Waals surface area contributed by atoms with Crippen LogP contribution in [0.4, 0.5) is 23.7 Å². The number of nitrogens with one attached hydrogen (secondary N) is 2. The van der Waals surface area contributed by atoms with E-state index in [1.165, 1.54) is 6.07 Å². The normalized spacial score (nSPS) is 15.1. The number of hydrogen-bond acceptors (Lipinski definition) is 2. The minimum atomic E-state index is -4.56. The standard InChI is InChI=1S/C13H12F3N3O/c14-13(15,16)9-4-8(7-17)5-11(6-9)19-12(20)18-10-2-1-3-10/h4-6,10H,1-3H2,(H2,18,19,20). The van der Waals surface area contributed by atoms with Gasteiger partial charge in [-0.1, -0.05) is 0 Å². The summed E-state index contributed by atoms with van der Waals surface area (Å²) in [7, 11) is 0. The molecule has 0 heterocycles. The van der Waals surface area contributed by atoms with Crippen LogP contribution in [0.2, 0.25) is 0 Å². The third-order valence-corrected chi connectivity index (χ3v) is 3.09. The SMILES string of the molecule is N#Cc1cc(NC(=O)NC2CCC2)cc(C(F)(F)F)c1. The Kier molecular flexibility index (Phi) is 3.84. The Labute approximate surface area is 113 Å². The topological polar surface area (TPSA) is 64.9 Å². The molecule has 0 aromatic heterocycles. The first-order valence-electron chi connectivity index (χ1n) is 6.08. The summed E-state index contributed by atoms with van der Waals surface area (Å²) in [6.45, 7) is 0. The predicted molar refractivity (Wildman–Crippen MR) is 66.0 cm³/mol. The van der Waals surface area contributed by atoms with E-state index in [0.717, 1.165) is 31.4 Å². The zero-order valence-electron chi connectivity index (χ0n) is 10.4. The number of urea groups is 1. The molecule has 0 atom stereocenters. The number of carbonyl (C=O) groups is 1. The van der Waals surface area contributed by atoms with Crippen LogP contribution in [0.5, 0.6) is 0 Å². The van der Waals surface area contributed by atoms with Gasteiger partial charge in [0.15, 0.2) is 0 Å². The first-order valence-corrected chi connectivity index (χ1v) is 6.08. The Hall–Kier alpha value is -2.23. The van der Waals surface area contributed by atoms with Crippen molar-refractivity contribution in [2.75, 3.05) is 5.32 Å². The summed E-state index contributed by atoms with van der Waals surface area (Å²) in [5.74, 6) is 0. The van der Waals surface area contributed by atoms with Gasteiger partial charge in [0.2, 0.25) is 0 Å². The molecular formula is C13H12F3N3O. The fraction of sp³-hybridized carbons (Fsp3) is 0.385. The fourth-order valence-electron chi connectivity index (χ4n) is 1.83. The van der Waals surface area contributed by atoms with Crippen molar-refractivity contribution < 1.29 is 18.0 Å². The molecule has 2 rings (SSSR count). The van der Waals surface area contributed by atoms with Gasteiger partial charge in [0, 0.05) is 11.7 Å². The van der Waals surface area contributed by atoms with Crippen molar-refractivity contribution >= 4 is 11.7 Å². The van der Waals surface area contributed by atoms with Crippen molar-refractivity contribution in [2.24, 2.45) is 0 Å². The van der Waals surface area contributed by atoms with Crippen LogP contribution in [0.1, 0.15) is 30.4 Å². The second-order valence-electron chi connectivity index (χ2n) is 4.63. The highest BCUT2D eigenvalue weighted by atomic mass is 19.4. The minimum Gasteiger partial charge on any atom is -0.335 e. The van der Waals surface area contributed by atoms with Crippen LogP contribution in [0.3, 0.4) is 0 Å². The zero-order valence-corrected chi connectivity index (χ0v) is 10.4. The van der Waals surface area contributed by atoms with Gasteiger partial charge in [-0.2, -0.15) is 18.4 Å². The summed E-state index contributed by atoms with van der Waals surface area (Å²) in [6, 6.07) is 3.92. The van der Waals surface area contributed by atoms with Crippen molar-refractivity contribution in [2.45, 2.75) is 31.5 Å². The van der Waals surface area contributed by atoms with Crippen molar-refractivity contribution in [3.63, 3.8) is 0 Å². The van der Waals surface area contributed by atoms with E-state index in [1.54, 1.807) is 6.07 Å². The van der Waals surface area contributed by atoms with E-state index in [9.17, 15) is 18.0 Å². The van der Waals surface area contributed by atoms with Gasteiger partial charge in [0.05, 0.1) is 17.2 Å². The van der Waals surface area contributed by atoms with Crippen LogP contribution in [-0.2, 0) is 6.18 Å². The molecule has 1 aromatic carbocycles. The quantitative estimate of drug-likeness (QED) is 0.875. The maximum atomic E-state index is 12.7. The summed E-state index contributed by atoms with van der Waals surface area (Å²) in [4.78, 5) is 11.6. The number of nitriles is 1. The number of nitrogens with zero attached hydrogens (tertiary/aromatic N) is 1. The Balaban J connectivity index is 2.14. The molecule has 1 fully saturated rings. The molecule has 2 N–H and O–H groups in total. The highest BCUT2D eigenvalue weighted by Gasteiger charge is 2.31. The number of benzene rings is 1. The lowest BCUT2D eigenvalue weighted by Crippen LogP contribution is -2.41. The average molecular weight is 283 g/mol. The van der Waals surface area contributed by atoms with Crippen LogP contribution >= 0.6 is 0 Å². The van der Waals surface area contributed by atoms with E-state index in [1.807, 2.05) is 0 Å². The second-order valence-corrected chi connectivity index (χ2v) is 4.63. The van der Waals surface area contributed by atoms with Gasteiger partial charge in [-0.15, -0.1) is 0 Å². The number of alkyl halides is 3. The molecule has 1 aromatic rings. The lowest BCUT2D eigenvalue weighted by Gasteiger charge is -2.26. The van der Waals surface area contributed by atoms with Gasteiger partial charge >= 0.3 is 12.2 Å². The summed E-state index contributed by atoms with van der Waals surface area (Å²) in [5, 5.41) is 13.7. The molecule has 0 bridgehead atoms. The molecule has 4 nitrogen and oxygen atoms in total. The summed E-state index contributed by atoms with van der Waals surface area (Å²) in [6.07, 6.45) is -1.78. The lowest BCUT2D eigenvalue weighted by molar-refractivity contribution is -0.137. The van der Waals surface area contributed by atoms with E-state index >= 15 is 0 Å². The van der Waals surface area contributed by atoms with Crippen molar-refractivity contribution in [1.29, 1.82) is 5.26 Å². The molecular weight excluding hydrogens is 271 g/mol. The predicted octanol–water partition coefficient (Wildman–Crippen LogP) is 3.25. The highest BCUT2D eigenvalue weighted by Crippen LogP contribution is 2.31. The van der Waals surface area contributed by atoms with E-state index in [0.29, 0.717) is 0 Å². The van der Waals surface area contributed by atoms with Gasteiger partial charge in [-0.05, 0) is 37.5 Å². The maximum Gasteiger partial charge on any atom is 0.416 e. The summed E-state index contributed by atoms with van der Waals surface area (Å²) < 4.78 is 38.0. The Morgan fingerprint density at radius 1 is 1.30 bits per heavy atom. The molecule has 20 heavy (non-hydrogen) atoms. The molecule has 106 valence electrons. The minimum absolute atomic E-state index is 0.0480. The van der Waals surface area contributed by atoms with Crippen LogP contribution in [0.25, 0.3) is 0 Å². The first-order chi connectivity index (χ1) is 9.38. The first kappa shape index (κ1) is 14.2. The molecule has 1 aliphatic carbocycles. The number of halogens is 3. The Morgan fingerprint density at radius 3 is 2.50 bits per heavy atom. The van der Waals surface area contributed by atoms with Gasteiger partial charge in [0.25, 0.3) is 0 Å². The summed E-state index contributed by atoms with van der Waals surface area (Å²) >= 11 is 0. The maximum absolute atomic E-state index is 12.7. The van der Waals surface area contributed by atoms with E-state index in [4.69, 9.17) is 5.26 Å². The van der Waals surface area contributed by atoms with Crippen LogP contribution in [0, 0.1) is 11.3 Å². The molecule has 1 aliphatic rings. The third-order valence-electron chi connectivity index (χ3n) is 3.09. The number of hydrogen-bond donors (Lipinski definition) is 2. The number of anilines is 1. The number of rotatable bonds is 2. The lowest BCUT2D eigenvalue weighted by atomic mass is 9.93. The van der Waals surface area contributed by atoms with E-state index in [2.05, 4.69) is 10.6 Å². The molecule has 7 heteroatoms. The van der Waals surface area contributed by atoms with E-state index < -0.39 is 17.8 Å². The summed E-state index contributed by atoms with van der Waals surface area (Å²) in [5.41, 5.74) is -1.16. The zero-order chi connectivity index (χ0) is 14.8. The highest BCUT2D eigenvalue weighted by molar-refractivity contribution is 5.89. The molecule has 0 saturated heterocycles. The van der Waals surface area contributed by atoms with Crippen LogP contribution in [0.15, 0.2) is 18.2 Å². The molecule has 0 aliphatic heterocycles. The van der Waals surface area contributed by atoms with Gasteiger partial charge in [-0.3, -0.25) is 0 Å². The monoisotopic (exact) mass is 283 g/mol. The van der Waals surface area contributed by atoms with Crippen molar-refractivity contribution in [1.82, 2.24) is 5.32 Å². The molecule has 1 saturated carbocycles. The van der Waals surface area contributed by atoms with Gasteiger partial charge in [0.1, 0.15) is 0 Å². The second kappa shape index (κ2) is 5.41. The van der Waals surface area contributed by atoms with Crippen molar-refractivity contribution in [3.05, 3.63) is 29.3 Å². The molecule has 0 spiro atoms. The molecule has 0 unspecified atom stereocenters. The van der Waals surface area contributed by atoms with Crippen LogP contribution < -0.4 is 10.6 Å². The largest absolute Gasteiger partial charge is 0.416 e. The third kappa shape index (κ3) is 3.41. The van der Waals surface area contributed by atoms with Gasteiger partial charge in [-0.25, -0.2) is 4.79 Å². The molecule has 2 amide bonds.